The van der Waals surface area contributed by atoms with Gasteiger partial charge in [0.15, 0.2) is 0 Å². The number of carbonyl (C=O) groups is 2. The summed E-state index contributed by atoms with van der Waals surface area (Å²) in [6, 6.07) is 9.15. The average molecular weight is 532 g/mol. The van der Waals surface area contributed by atoms with Gasteiger partial charge in [0.2, 0.25) is 12.0 Å². The minimum absolute atomic E-state index is 0.0163. The van der Waals surface area contributed by atoms with Crippen LogP contribution in [0.3, 0.4) is 0 Å². The number of amides is 1. The molecule has 1 aliphatic carbocycles. The molecule has 1 unspecified atom stereocenters. The lowest BCUT2D eigenvalue weighted by molar-refractivity contribution is -0.212. The number of nitrogens with zero attached hydrogens (tertiary/aromatic N) is 1. The minimum Gasteiger partial charge on any atom is -0.480 e. The molecule has 1 fully saturated rings. The van der Waals surface area contributed by atoms with E-state index in [0.29, 0.717) is 22.5 Å². The molecular formula is C21H20F3N3O6S2. The van der Waals surface area contributed by atoms with Crippen LogP contribution in [-0.4, -0.2) is 56.0 Å². The van der Waals surface area contributed by atoms with Gasteiger partial charge in [-0.05, 0) is 29.7 Å². The second kappa shape index (κ2) is 8.91. The van der Waals surface area contributed by atoms with Crippen LogP contribution in [-0.2, 0) is 30.9 Å². The maximum atomic E-state index is 13.0. The van der Waals surface area contributed by atoms with E-state index in [9.17, 15) is 36.3 Å². The van der Waals surface area contributed by atoms with Gasteiger partial charge in [0.05, 0.1) is 11.3 Å². The van der Waals surface area contributed by atoms with E-state index in [1.165, 1.54) is 19.2 Å². The maximum absolute atomic E-state index is 13.0. The van der Waals surface area contributed by atoms with E-state index in [0.717, 1.165) is 0 Å². The van der Waals surface area contributed by atoms with Crippen LogP contribution in [0.2, 0.25) is 0 Å². The third kappa shape index (κ3) is 5.04. The zero-order valence-corrected chi connectivity index (χ0v) is 19.8. The molecule has 35 heavy (non-hydrogen) atoms. The molecule has 3 N–H and O–H groups in total. The number of hydrogen-bond donors (Lipinski definition) is 3. The first-order valence-electron chi connectivity index (χ1n) is 10.3. The molecule has 14 heteroatoms. The summed E-state index contributed by atoms with van der Waals surface area (Å²) >= 11 is 0.677. The first-order chi connectivity index (χ1) is 16.4. The number of halogens is 3. The minimum atomic E-state index is -4.60. The molecule has 9 nitrogen and oxygen atoms in total. The van der Waals surface area contributed by atoms with Crippen molar-refractivity contribution in [2.75, 3.05) is 7.05 Å². The lowest BCUT2D eigenvalue weighted by atomic mass is 10.0. The van der Waals surface area contributed by atoms with Crippen molar-refractivity contribution in [3.8, 4) is 0 Å². The monoisotopic (exact) mass is 531 g/mol. The normalized spacial score (nSPS) is 23.9. The van der Waals surface area contributed by atoms with Crippen LogP contribution in [0.25, 0.3) is 0 Å². The molecule has 1 aromatic heterocycles. The summed E-state index contributed by atoms with van der Waals surface area (Å²) in [4.78, 5) is 28.2. The Morgan fingerprint density at radius 1 is 1.23 bits per heavy atom. The van der Waals surface area contributed by atoms with Crippen LogP contribution in [0.5, 0.6) is 0 Å². The number of carboxylic acid groups (broad SMARTS) is 1. The van der Waals surface area contributed by atoms with Crippen molar-refractivity contribution in [2.45, 2.75) is 47.2 Å². The van der Waals surface area contributed by atoms with E-state index >= 15 is 0 Å². The summed E-state index contributed by atoms with van der Waals surface area (Å²) in [7, 11) is -2.79. The second-order valence-corrected chi connectivity index (χ2v) is 11.2. The fourth-order valence-corrected chi connectivity index (χ4v) is 6.51. The molecule has 1 amide bonds. The van der Waals surface area contributed by atoms with Gasteiger partial charge in [-0.2, -0.15) is 17.9 Å². The van der Waals surface area contributed by atoms with Gasteiger partial charge >= 0.3 is 12.1 Å². The van der Waals surface area contributed by atoms with Crippen LogP contribution < -0.4 is 10.0 Å². The van der Waals surface area contributed by atoms with Crippen molar-refractivity contribution in [3.05, 3.63) is 52.4 Å². The van der Waals surface area contributed by atoms with E-state index in [-0.39, 0.29) is 33.5 Å². The molecule has 0 bridgehead atoms. The number of benzene rings is 1. The van der Waals surface area contributed by atoms with Gasteiger partial charge in [-0.3, -0.25) is 9.59 Å². The van der Waals surface area contributed by atoms with Crippen LogP contribution in [0.4, 0.5) is 13.2 Å². The fourth-order valence-electron chi connectivity index (χ4n) is 3.81. The molecule has 0 saturated heterocycles. The summed E-state index contributed by atoms with van der Waals surface area (Å²) in [6.07, 6.45) is -7.08. The Bertz CT molecular complexity index is 1290. The number of carboxylic acids is 1. The van der Waals surface area contributed by atoms with Gasteiger partial charge in [-0.1, -0.05) is 29.4 Å². The smallest absolute Gasteiger partial charge is 0.428 e. The standard InChI is InChI=1S/C21H20F3N3O6S2/c1-25-17(28)8-11-2-4-12(5-3-11)13-10-20(13,19(29)30)27-35(31,32)18-7-6-15(34-18)14-9-16(33-26-14)21(22,23)24/h2-7,13,16,27H,8-10H2,1H3,(H,25,28)(H,29,30)/t13-,16?,20+/m0/s1. The molecule has 2 aromatic rings. The molecule has 0 spiro atoms. The number of hydrogen-bond acceptors (Lipinski definition) is 7. The SMILES string of the molecule is CNC(=O)Cc1ccc([C@@H]2C[C@]2(NS(=O)(=O)c2ccc(C3=NOC(C(F)(F)F)C3)s2)C(=O)O)cc1. The van der Waals surface area contributed by atoms with Crippen molar-refractivity contribution >= 4 is 38.9 Å². The molecule has 1 saturated carbocycles. The zero-order chi connectivity index (χ0) is 25.6. The first kappa shape index (κ1) is 25.1. The summed E-state index contributed by atoms with van der Waals surface area (Å²) in [6.45, 7) is 0. The Kier molecular flexibility index (Phi) is 6.40. The largest absolute Gasteiger partial charge is 0.480 e. The van der Waals surface area contributed by atoms with Gasteiger partial charge in [-0.25, -0.2) is 8.42 Å². The predicted octanol–water partition coefficient (Wildman–Crippen LogP) is 2.38. The third-order valence-corrected chi connectivity index (χ3v) is 8.99. The molecule has 2 heterocycles. The lowest BCUT2D eigenvalue weighted by Crippen LogP contribution is -2.44. The predicted molar refractivity (Wildman–Crippen MR) is 119 cm³/mol. The molecule has 1 aliphatic heterocycles. The number of nitrogens with one attached hydrogen (secondary N) is 2. The summed E-state index contributed by atoms with van der Waals surface area (Å²) in [5.41, 5.74) is -0.486. The number of oxime groups is 1. The lowest BCUT2D eigenvalue weighted by Gasteiger charge is -2.15. The summed E-state index contributed by atoms with van der Waals surface area (Å²) in [5, 5.41) is 15.7. The molecule has 188 valence electrons. The number of aliphatic carboxylic acids is 1. The number of sulfonamides is 1. The van der Waals surface area contributed by atoms with E-state index < -0.39 is 46.2 Å². The Morgan fingerprint density at radius 2 is 1.91 bits per heavy atom. The maximum Gasteiger partial charge on any atom is 0.428 e. The van der Waals surface area contributed by atoms with Crippen molar-refractivity contribution < 1.29 is 41.1 Å². The van der Waals surface area contributed by atoms with E-state index in [2.05, 4.69) is 20.0 Å². The first-order valence-corrected chi connectivity index (χ1v) is 12.6. The van der Waals surface area contributed by atoms with Gasteiger partial charge in [0, 0.05) is 19.4 Å². The van der Waals surface area contributed by atoms with Crippen LogP contribution >= 0.6 is 11.3 Å². The van der Waals surface area contributed by atoms with Gasteiger partial charge < -0.3 is 15.3 Å². The topological polar surface area (TPSA) is 134 Å². The number of rotatable bonds is 8. The fraction of sp³-hybridized carbons (Fsp3) is 0.381. The highest BCUT2D eigenvalue weighted by Crippen LogP contribution is 2.52. The average Bonchev–Trinajstić information content (AvgIpc) is 3.15. The summed E-state index contributed by atoms with van der Waals surface area (Å²) in [5.74, 6) is -2.17. The van der Waals surface area contributed by atoms with Crippen molar-refractivity contribution in [3.63, 3.8) is 0 Å². The van der Waals surface area contributed by atoms with Crippen LogP contribution in [0.1, 0.15) is 34.8 Å². The van der Waals surface area contributed by atoms with Crippen molar-refractivity contribution in [1.29, 1.82) is 0 Å². The Hall–Kier alpha value is -2.97. The van der Waals surface area contributed by atoms with Crippen molar-refractivity contribution in [2.24, 2.45) is 5.16 Å². The Balaban J connectivity index is 1.49. The molecule has 3 atom stereocenters. The van der Waals surface area contributed by atoms with Gasteiger partial charge in [0.1, 0.15) is 15.5 Å². The summed E-state index contributed by atoms with van der Waals surface area (Å²) < 4.78 is 66.4. The van der Waals surface area contributed by atoms with Gasteiger partial charge in [-0.15, -0.1) is 11.3 Å². The highest BCUT2D eigenvalue weighted by atomic mass is 32.2. The molecule has 2 aliphatic rings. The zero-order valence-electron chi connectivity index (χ0n) is 18.1. The number of thiophene rings is 1. The molecule has 4 rings (SSSR count). The molecule has 0 radical (unpaired) electrons. The van der Waals surface area contributed by atoms with E-state index in [1.807, 2.05) is 0 Å². The second-order valence-electron chi connectivity index (χ2n) is 8.23. The number of carbonyl (C=O) groups excluding carboxylic acids is 1. The Morgan fingerprint density at radius 3 is 2.49 bits per heavy atom. The van der Waals surface area contributed by atoms with Gasteiger partial charge in [0.25, 0.3) is 10.0 Å². The highest BCUT2D eigenvalue weighted by molar-refractivity contribution is 7.91. The van der Waals surface area contributed by atoms with Crippen molar-refractivity contribution in [1.82, 2.24) is 10.0 Å². The van der Waals surface area contributed by atoms with Crippen LogP contribution in [0, 0.1) is 0 Å². The number of likely N-dealkylation sites (N-methyl/N-ethyl adjacent to an activating group) is 1. The van der Waals surface area contributed by atoms with E-state index in [1.54, 1.807) is 24.3 Å². The Labute approximate surface area is 202 Å². The molecular weight excluding hydrogens is 511 g/mol. The van der Waals surface area contributed by atoms with Crippen LogP contribution in [0.15, 0.2) is 45.8 Å². The highest BCUT2D eigenvalue weighted by Gasteiger charge is 2.63. The molecule has 1 aromatic carbocycles. The quantitative estimate of drug-likeness (QED) is 0.479. The number of alkyl halides is 3. The van der Waals surface area contributed by atoms with E-state index in [4.69, 9.17) is 0 Å². The third-order valence-electron chi connectivity index (χ3n) is 5.85.